The highest BCUT2D eigenvalue weighted by molar-refractivity contribution is 5.63. The second-order valence-electron chi connectivity index (χ2n) is 9.70. The lowest BCUT2D eigenvalue weighted by Crippen LogP contribution is -2.30. The van der Waals surface area contributed by atoms with Crippen molar-refractivity contribution in [3.05, 3.63) is 89.9 Å². The summed E-state index contributed by atoms with van der Waals surface area (Å²) in [7, 11) is 0. The molecule has 0 fully saturated rings. The monoisotopic (exact) mass is 453 g/mol. The van der Waals surface area contributed by atoms with Gasteiger partial charge in [-0.25, -0.2) is 9.97 Å². The lowest BCUT2D eigenvalue weighted by atomic mass is 9.68. The van der Waals surface area contributed by atoms with Crippen LogP contribution in [0, 0.1) is 5.92 Å². The van der Waals surface area contributed by atoms with E-state index in [1.165, 1.54) is 11.1 Å². The van der Waals surface area contributed by atoms with Crippen molar-refractivity contribution in [2.45, 2.75) is 45.6 Å². The Bertz CT molecular complexity index is 1240. The molecule has 1 atom stereocenters. The standard InChI is InChI=1S/C28H31N5O/c1-18(2)28(5,22-10-6-19(7-11-22)21-16-30-26(29)31-17-21)23-12-8-20(9-13-23)24-14-15-25(33-32-24)27(3,4)34/h6-18,34H,1-5H3,(H2,29,30,31). The molecular formula is C28H31N5O. The fraction of sp³-hybridized carbons (Fsp3) is 0.286. The van der Waals surface area contributed by atoms with E-state index in [2.05, 4.69) is 89.5 Å². The van der Waals surface area contributed by atoms with Gasteiger partial charge in [-0.3, -0.25) is 0 Å². The molecule has 3 N–H and O–H groups in total. The smallest absolute Gasteiger partial charge is 0.219 e. The number of nitrogen functional groups attached to an aromatic ring is 1. The van der Waals surface area contributed by atoms with Gasteiger partial charge in [-0.15, -0.1) is 0 Å². The van der Waals surface area contributed by atoms with Crippen molar-refractivity contribution < 1.29 is 5.11 Å². The maximum absolute atomic E-state index is 10.1. The molecule has 6 heteroatoms. The Labute approximate surface area is 201 Å². The Morgan fingerprint density at radius 1 is 0.706 bits per heavy atom. The zero-order valence-corrected chi connectivity index (χ0v) is 20.3. The fourth-order valence-corrected chi connectivity index (χ4v) is 4.13. The van der Waals surface area contributed by atoms with Crippen molar-refractivity contribution in [1.82, 2.24) is 20.2 Å². The first kappa shape index (κ1) is 23.5. The van der Waals surface area contributed by atoms with Gasteiger partial charge in [0.05, 0.1) is 11.4 Å². The summed E-state index contributed by atoms with van der Waals surface area (Å²) in [4.78, 5) is 8.19. The van der Waals surface area contributed by atoms with Crippen LogP contribution in [0.2, 0.25) is 0 Å². The number of hydrogen-bond acceptors (Lipinski definition) is 6. The summed E-state index contributed by atoms with van der Waals surface area (Å²) >= 11 is 0. The third-order valence-electron chi connectivity index (χ3n) is 6.72. The van der Waals surface area contributed by atoms with Gasteiger partial charge in [0, 0.05) is 28.9 Å². The molecule has 2 aromatic heterocycles. The number of aliphatic hydroxyl groups is 1. The fourth-order valence-electron chi connectivity index (χ4n) is 4.13. The molecule has 0 radical (unpaired) electrons. The molecule has 0 amide bonds. The third kappa shape index (κ3) is 4.54. The number of anilines is 1. The topological polar surface area (TPSA) is 97.8 Å². The molecule has 2 aromatic carbocycles. The summed E-state index contributed by atoms with van der Waals surface area (Å²) in [6.07, 6.45) is 3.49. The molecule has 0 aliphatic rings. The molecule has 174 valence electrons. The number of rotatable bonds is 6. The Morgan fingerprint density at radius 2 is 1.24 bits per heavy atom. The Balaban J connectivity index is 1.63. The Hall–Kier alpha value is -3.64. The van der Waals surface area contributed by atoms with E-state index in [1.54, 1.807) is 26.2 Å². The summed E-state index contributed by atoms with van der Waals surface area (Å²) in [5.74, 6) is 0.644. The molecule has 34 heavy (non-hydrogen) atoms. The van der Waals surface area contributed by atoms with Gasteiger partial charge in [0.2, 0.25) is 5.95 Å². The quantitative estimate of drug-likeness (QED) is 0.407. The van der Waals surface area contributed by atoms with Crippen LogP contribution in [0.1, 0.15) is 51.4 Å². The van der Waals surface area contributed by atoms with Gasteiger partial charge in [0.25, 0.3) is 0 Å². The first-order chi connectivity index (χ1) is 16.1. The van der Waals surface area contributed by atoms with Crippen molar-refractivity contribution in [1.29, 1.82) is 0 Å². The lowest BCUT2D eigenvalue weighted by Gasteiger charge is -2.35. The van der Waals surface area contributed by atoms with E-state index in [0.29, 0.717) is 11.6 Å². The number of nitrogens with two attached hydrogens (primary N) is 1. The first-order valence-corrected chi connectivity index (χ1v) is 11.4. The molecule has 4 rings (SSSR count). The summed E-state index contributed by atoms with van der Waals surface area (Å²) in [5.41, 5.74) is 11.2. The lowest BCUT2D eigenvalue weighted by molar-refractivity contribution is 0.0729. The normalized spacial score (nSPS) is 13.6. The molecule has 0 bridgehead atoms. The van der Waals surface area contributed by atoms with Gasteiger partial charge in [0.1, 0.15) is 5.60 Å². The second-order valence-corrected chi connectivity index (χ2v) is 9.70. The van der Waals surface area contributed by atoms with Crippen molar-refractivity contribution >= 4 is 5.95 Å². The summed E-state index contributed by atoms with van der Waals surface area (Å²) in [6, 6.07) is 20.8. The number of hydrogen-bond donors (Lipinski definition) is 2. The van der Waals surface area contributed by atoms with Crippen LogP contribution in [0.3, 0.4) is 0 Å². The molecule has 0 aliphatic carbocycles. The predicted molar refractivity (Wildman–Crippen MR) is 136 cm³/mol. The average molecular weight is 454 g/mol. The maximum atomic E-state index is 10.1. The van der Waals surface area contributed by atoms with Gasteiger partial charge < -0.3 is 10.8 Å². The van der Waals surface area contributed by atoms with E-state index < -0.39 is 5.60 Å². The van der Waals surface area contributed by atoms with Gasteiger partial charge in [-0.2, -0.15) is 10.2 Å². The summed E-state index contributed by atoms with van der Waals surface area (Å²) in [6.45, 7) is 10.2. The minimum Gasteiger partial charge on any atom is -0.384 e. The first-order valence-electron chi connectivity index (χ1n) is 11.4. The minimum absolute atomic E-state index is 0.175. The van der Waals surface area contributed by atoms with Crippen molar-refractivity contribution in [3.63, 3.8) is 0 Å². The minimum atomic E-state index is -1.01. The Morgan fingerprint density at radius 3 is 1.68 bits per heavy atom. The maximum Gasteiger partial charge on any atom is 0.219 e. The van der Waals surface area contributed by atoms with E-state index in [4.69, 9.17) is 5.73 Å². The summed E-state index contributed by atoms with van der Waals surface area (Å²) in [5, 5.41) is 18.6. The highest BCUT2D eigenvalue weighted by Gasteiger charge is 2.32. The zero-order chi connectivity index (χ0) is 24.5. The second kappa shape index (κ2) is 8.95. The van der Waals surface area contributed by atoms with Crippen LogP contribution in [0.5, 0.6) is 0 Å². The van der Waals surface area contributed by atoms with Crippen LogP contribution in [0.25, 0.3) is 22.4 Å². The Kier molecular flexibility index (Phi) is 6.19. The van der Waals surface area contributed by atoms with Gasteiger partial charge in [-0.1, -0.05) is 69.3 Å². The van der Waals surface area contributed by atoms with Gasteiger partial charge in [0.15, 0.2) is 0 Å². The molecule has 0 saturated carbocycles. The third-order valence-corrected chi connectivity index (χ3v) is 6.72. The molecule has 0 saturated heterocycles. The largest absolute Gasteiger partial charge is 0.384 e. The van der Waals surface area contributed by atoms with Crippen LogP contribution < -0.4 is 5.73 Å². The zero-order valence-electron chi connectivity index (χ0n) is 20.3. The average Bonchev–Trinajstić information content (AvgIpc) is 2.84. The van der Waals surface area contributed by atoms with Gasteiger partial charge >= 0.3 is 0 Å². The van der Waals surface area contributed by atoms with Crippen LogP contribution >= 0.6 is 0 Å². The van der Waals surface area contributed by atoms with E-state index in [0.717, 1.165) is 22.4 Å². The van der Waals surface area contributed by atoms with E-state index in [9.17, 15) is 5.11 Å². The van der Waals surface area contributed by atoms with Crippen molar-refractivity contribution in [3.8, 4) is 22.4 Å². The summed E-state index contributed by atoms with van der Waals surface area (Å²) < 4.78 is 0. The molecule has 0 spiro atoms. The molecular weight excluding hydrogens is 422 g/mol. The highest BCUT2D eigenvalue weighted by atomic mass is 16.3. The van der Waals surface area contributed by atoms with Crippen LogP contribution in [0.4, 0.5) is 5.95 Å². The number of aromatic nitrogens is 4. The van der Waals surface area contributed by atoms with Gasteiger partial charge in [-0.05, 0) is 48.6 Å². The van der Waals surface area contributed by atoms with Crippen molar-refractivity contribution in [2.75, 3.05) is 5.73 Å². The van der Waals surface area contributed by atoms with E-state index in [-0.39, 0.29) is 11.4 Å². The molecule has 0 aliphatic heterocycles. The van der Waals surface area contributed by atoms with Crippen molar-refractivity contribution in [2.24, 2.45) is 5.92 Å². The van der Waals surface area contributed by atoms with Crippen LogP contribution in [-0.2, 0) is 11.0 Å². The molecule has 6 nitrogen and oxygen atoms in total. The molecule has 2 heterocycles. The SMILES string of the molecule is CC(C)C(C)(c1ccc(-c2cnc(N)nc2)cc1)c1ccc(-c2ccc(C(C)(C)O)nn2)cc1. The van der Waals surface area contributed by atoms with Crippen LogP contribution in [-0.4, -0.2) is 25.3 Å². The van der Waals surface area contributed by atoms with Crippen LogP contribution in [0.15, 0.2) is 73.1 Å². The van der Waals surface area contributed by atoms with E-state index >= 15 is 0 Å². The van der Waals surface area contributed by atoms with E-state index in [1.807, 2.05) is 12.1 Å². The number of nitrogens with zero attached hydrogens (tertiary/aromatic N) is 4. The molecule has 1 unspecified atom stereocenters. The predicted octanol–water partition coefficient (Wildman–Crippen LogP) is 5.37. The number of benzene rings is 2. The highest BCUT2D eigenvalue weighted by Crippen LogP contribution is 2.40. The molecule has 4 aromatic rings.